The van der Waals surface area contributed by atoms with Crippen molar-refractivity contribution in [2.75, 3.05) is 17.7 Å². The zero-order chi connectivity index (χ0) is 16.4. The standard InChI is InChI=1S/C19H23N3OS/c23-9-10-24-19-21-17-8-4-3-7-16(17)18(22-19)20-15-11-13-5-1-2-6-14(13)12-15/h1-2,5-6,15,23H,3-4,7-12H2,(H,20,21,22). The van der Waals surface area contributed by atoms with Crippen LogP contribution < -0.4 is 5.32 Å². The van der Waals surface area contributed by atoms with Crippen LogP contribution in [0.15, 0.2) is 29.4 Å². The summed E-state index contributed by atoms with van der Waals surface area (Å²) in [7, 11) is 0. The van der Waals surface area contributed by atoms with Crippen LogP contribution in [0.25, 0.3) is 0 Å². The van der Waals surface area contributed by atoms with Crippen LogP contribution in [0.3, 0.4) is 0 Å². The highest BCUT2D eigenvalue weighted by Crippen LogP contribution is 2.30. The molecule has 1 aromatic carbocycles. The van der Waals surface area contributed by atoms with E-state index in [0.717, 1.165) is 36.7 Å². The Labute approximate surface area is 147 Å². The van der Waals surface area contributed by atoms with E-state index >= 15 is 0 Å². The van der Waals surface area contributed by atoms with Crippen LogP contribution in [0.1, 0.15) is 35.2 Å². The largest absolute Gasteiger partial charge is 0.396 e. The van der Waals surface area contributed by atoms with E-state index in [1.165, 1.54) is 35.2 Å². The molecule has 1 aromatic heterocycles. The summed E-state index contributed by atoms with van der Waals surface area (Å²) in [6.07, 6.45) is 6.68. The second-order valence-electron chi connectivity index (χ2n) is 6.58. The van der Waals surface area contributed by atoms with Crippen LogP contribution in [-0.2, 0) is 25.7 Å². The number of rotatable bonds is 5. The summed E-state index contributed by atoms with van der Waals surface area (Å²) in [5.74, 6) is 1.67. The average molecular weight is 341 g/mol. The van der Waals surface area contributed by atoms with E-state index in [1.807, 2.05) is 0 Å². The molecule has 4 rings (SSSR count). The molecule has 0 radical (unpaired) electrons. The van der Waals surface area contributed by atoms with E-state index in [2.05, 4.69) is 29.6 Å². The second kappa shape index (κ2) is 7.11. The zero-order valence-electron chi connectivity index (χ0n) is 13.8. The van der Waals surface area contributed by atoms with E-state index in [4.69, 9.17) is 15.1 Å². The average Bonchev–Trinajstić information content (AvgIpc) is 3.02. The zero-order valence-corrected chi connectivity index (χ0v) is 14.6. The minimum atomic E-state index is 0.159. The molecule has 5 heteroatoms. The molecule has 24 heavy (non-hydrogen) atoms. The predicted molar refractivity (Wildman–Crippen MR) is 97.7 cm³/mol. The lowest BCUT2D eigenvalue weighted by Crippen LogP contribution is -2.23. The lowest BCUT2D eigenvalue weighted by Gasteiger charge is -2.22. The third-order valence-corrected chi connectivity index (χ3v) is 5.70. The summed E-state index contributed by atoms with van der Waals surface area (Å²) < 4.78 is 0. The van der Waals surface area contributed by atoms with E-state index < -0.39 is 0 Å². The Morgan fingerprint density at radius 3 is 2.58 bits per heavy atom. The normalized spacial score (nSPS) is 16.7. The quantitative estimate of drug-likeness (QED) is 0.647. The maximum atomic E-state index is 9.07. The molecule has 0 fully saturated rings. The Morgan fingerprint density at radius 1 is 1.08 bits per heavy atom. The van der Waals surface area contributed by atoms with E-state index in [9.17, 15) is 0 Å². The first-order valence-electron chi connectivity index (χ1n) is 8.80. The number of thioether (sulfide) groups is 1. The third kappa shape index (κ3) is 3.28. The molecule has 0 amide bonds. The fourth-order valence-corrected chi connectivity index (χ4v) is 4.35. The fourth-order valence-electron chi connectivity index (χ4n) is 3.75. The van der Waals surface area contributed by atoms with Gasteiger partial charge in [0.2, 0.25) is 0 Å². The number of aliphatic hydroxyl groups excluding tert-OH is 1. The molecular formula is C19H23N3OS. The van der Waals surface area contributed by atoms with Gasteiger partial charge in [0.05, 0.1) is 12.3 Å². The molecule has 0 atom stereocenters. The van der Waals surface area contributed by atoms with Gasteiger partial charge in [-0.05, 0) is 49.7 Å². The topological polar surface area (TPSA) is 58.0 Å². The van der Waals surface area contributed by atoms with Crippen molar-refractivity contribution >= 4 is 17.6 Å². The molecule has 2 aliphatic rings. The van der Waals surface area contributed by atoms with Gasteiger partial charge in [-0.2, -0.15) is 0 Å². The highest BCUT2D eigenvalue weighted by molar-refractivity contribution is 7.99. The Kier molecular flexibility index (Phi) is 4.72. The maximum Gasteiger partial charge on any atom is 0.189 e. The van der Waals surface area contributed by atoms with Crippen molar-refractivity contribution in [1.82, 2.24) is 9.97 Å². The van der Waals surface area contributed by atoms with Crippen LogP contribution >= 0.6 is 11.8 Å². The summed E-state index contributed by atoms with van der Waals surface area (Å²) in [5, 5.41) is 13.6. The van der Waals surface area contributed by atoms with Crippen molar-refractivity contribution in [3.05, 3.63) is 46.6 Å². The summed E-state index contributed by atoms with van der Waals surface area (Å²) in [6.45, 7) is 0.159. The SMILES string of the molecule is OCCSc1nc2c(c(NC3Cc4ccccc4C3)n1)CCCC2. The molecule has 0 aliphatic heterocycles. The van der Waals surface area contributed by atoms with Crippen LogP contribution in [0.4, 0.5) is 5.82 Å². The van der Waals surface area contributed by atoms with Crippen LogP contribution in [0, 0.1) is 0 Å². The minimum absolute atomic E-state index is 0.159. The monoisotopic (exact) mass is 341 g/mol. The van der Waals surface area contributed by atoms with Crippen molar-refractivity contribution in [3.8, 4) is 0 Å². The Bertz CT molecular complexity index is 710. The number of fused-ring (bicyclic) bond motifs is 2. The maximum absolute atomic E-state index is 9.07. The number of nitrogens with zero attached hydrogens (tertiary/aromatic N) is 2. The number of aliphatic hydroxyl groups is 1. The van der Waals surface area contributed by atoms with Gasteiger partial charge in [0.25, 0.3) is 0 Å². The van der Waals surface area contributed by atoms with E-state index in [0.29, 0.717) is 11.8 Å². The van der Waals surface area contributed by atoms with Crippen molar-refractivity contribution in [1.29, 1.82) is 0 Å². The number of aromatic nitrogens is 2. The Balaban J connectivity index is 1.57. The molecular weight excluding hydrogens is 318 g/mol. The van der Waals surface area contributed by atoms with Crippen molar-refractivity contribution in [3.63, 3.8) is 0 Å². The molecule has 2 aromatic rings. The van der Waals surface area contributed by atoms with E-state index in [1.54, 1.807) is 11.8 Å². The summed E-state index contributed by atoms with van der Waals surface area (Å²) in [5.41, 5.74) is 5.42. The number of hydrogen-bond donors (Lipinski definition) is 2. The highest BCUT2D eigenvalue weighted by Gasteiger charge is 2.24. The number of hydrogen-bond acceptors (Lipinski definition) is 5. The van der Waals surface area contributed by atoms with Crippen molar-refractivity contribution in [2.45, 2.75) is 49.7 Å². The first-order valence-corrected chi connectivity index (χ1v) is 9.79. The van der Waals surface area contributed by atoms with E-state index in [-0.39, 0.29) is 6.61 Å². The molecule has 0 bridgehead atoms. The lowest BCUT2D eigenvalue weighted by atomic mass is 9.96. The van der Waals surface area contributed by atoms with Crippen LogP contribution in [-0.4, -0.2) is 33.5 Å². The molecule has 0 spiro atoms. The predicted octanol–water partition coefficient (Wildman–Crippen LogP) is 3.02. The lowest BCUT2D eigenvalue weighted by molar-refractivity contribution is 0.322. The summed E-state index contributed by atoms with van der Waals surface area (Å²) in [6, 6.07) is 9.12. The van der Waals surface area contributed by atoms with Gasteiger partial charge in [0, 0.05) is 17.4 Å². The molecule has 0 saturated carbocycles. The van der Waals surface area contributed by atoms with Crippen molar-refractivity contribution < 1.29 is 5.11 Å². The summed E-state index contributed by atoms with van der Waals surface area (Å²) in [4.78, 5) is 9.51. The first kappa shape index (κ1) is 15.9. The summed E-state index contributed by atoms with van der Waals surface area (Å²) >= 11 is 1.54. The Morgan fingerprint density at radius 2 is 1.83 bits per heavy atom. The third-order valence-electron chi connectivity index (χ3n) is 4.88. The molecule has 2 aliphatic carbocycles. The molecule has 1 heterocycles. The second-order valence-corrected chi connectivity index (χ2v) is 7.64. The van der Waals surface area contributed by atoms with Gasteiger partial charge < -0.3 is 10.4 Å². The van der Waals surface area contributed by atoms with Gasteiger partial charge in [0.15, 0.2) is 5.16 Å². The van der Waals surface area contributed by atoms with Crippen molar-refractivity contribution in [2.24, 2.45) is 0 Å². The fraction of sp³-hybridized carbons (Fsp3) is 0.474. The van der Waals surface area contributed by atoms with Gasteiger partial charge >= 0.3 is 0 Å². The number of anilines is 1. The Hall–Kier alpha value is -1.59. The molecule has 0 saturated heterocycles. The van der Waals surface area contributed by atoms with Gasteiger partial charge in [-0.1, -0.05) is 36.0 Å². The highest BCUT2D eigenvalue weighted by atomic mass is 32.2. The number of benzene rings is 1. The minimum Gasteiger partial charge on any atom is -0.396 e. The van der Waals surface area contributed by atoms with Gasteiger partial charge in [-0.3, -0.25) is 0 Å². The first-order chi connectivity index (χ1) is 11.8. The van der Waals surface area contributed by atoms with Gasteiger partial charge in [-0.25, -0.2) is 9.97 Å². The number of nitrogens with one attached hydrogen (secondary N) is 1. The molecule has 4 nitrogen and oxygen atoms in total. The van der Waals surface area contributed by atoms with Crippen LogP contribution in [0.5, 0.6) is 0 Å². The molecule has 2 N–H and O–H groups in total. The van der Waals surface area contributed by atoms with Gasteiger partial charge in [-0.15, -0.1) is 0 Å². The van der Waals surface area contributed by atoms with Gasteiger partial charge in [0.1, 0.15) is 5.82 Å². The van der Waals surface area contributed by atoms with Crippen LogP contribution in [0.2, 0.25) is 0 Å². The number of aryl methyl sites for hydroxylation is 1. The molecule has 0 unspecified atom stereocenters. The molecule has 126 valence electrons. The smallest absolute Gasteiger partial charge is 0.189 e.